The fourth-order valence-electron chi connectivity index (χ4n) is 3.83. The summed E-state index contributed by atoms with van der Waals surface area (Å²) in [6.45, 7) is 8.53. The minimum absolute atomic E-state index is 0.129. The Bertz CT molecular complexity index is 558. The number of benzene rings is 1. The van der Waals surface area contributed by atoms with Crippen molar-refractivity contribution in [1.29, 1.82) is 0 Å². The van der Waals surface area contributed by atoms with Gasteiger partial charge in [-0.25, -0.2) is 0 Å². The maximum atomic E-state index is 12.0. The third kappa shape index (κ3) is 5.53. The standard InChI is InChI=1S/C20H31N3O2/c1-17-6-2-3-7-19(17)18-8-12-22(16-18)14-10-21-20(24)9-13-23-11-4-5-15-25-23/h2-3,6-7,18H,4-5,8-16H2,1H3,(H,21,24)/t18-/m0/s1. The van der Waals surface area contributed by atoms with Crippen molar-refractivity contribution in [2.24, 2.45) is 0 Å². The van der Waals surface area contributed by atoms with Gasteiger partial charge in [0.15, 0.2) is 0 Å². The molecule has 138 valence electrons. The molecule has 5 heteroatoms. The molecule has 1 aromatic rings. The highest BCUT2D eigenvalue weighted by Crippen LogP contribution is 2.28. The van der Waals surface area contributed by atoms with Gasteiger partial charge >= 0.3 is 0 Å². The van der Waals surface area contributed by atoms with Crippen LogP contribution in [-0.2, 0) is 9.63 Å². The van der Waals surface area contributed by atoms with Crippen molar-refractivity contribution in [2.75, 3.05) is 45.9 Å². The molecule has 1 N–H and O–H groups in total. The molecule has 2 heterocycles. The first kappa shape index (κ1) is 18.4. The van der Waals surface area contributed by atoms with Gasteiger partial charge in [-0.05, 0) is 49.8 Å². The van der Waals surface area contributed by atoms with Crippen molar-refractivity contribution in [3.8, 4) is 0 Å². The van der Waals surface area contributed by atoms with Crippen LogP contribution in [0.1, 0.15) is 42.7 Å². The van der Waals surface area contributed by atoms with Crippen molar-refractivity contribution in [1.82, 2.24) is 15.3 Å². The highest BCUT2D eigenvalue weighted by molar-refractivity contribution is 5.76. The number of aryl methyl sites for hydroxylation is 1. The Hall–Kier alpha value is -1.43. The highest BCUT2D eigenvalue weighted by atomic mass is 16.7. The lowest BCUT2D eigenvalue weighted by molar-refractivity contribution is -0.181. The molecule has 0 aliphatic carbocycles. The summed E-state index contributed by atoms with van der Waals surface area (Å²) < 4.78 is 0. The van der Waals surface area contributed by atoms with E-state index < -0.39 is 0 Å². The van der Waals surface area contributed by atoms with Crippen molar-refractivity contribution < 1.29 is 9.63 Å². The topological polar surface area (TPSA) is 44.8 Å². The van der Waals surface area contributed by atoms with Crippen LogP contribution in [0.5, 0.6) is 0 Å². The van der Waals surface area contributed by atoms with E-state index in [2.05, 4.69) is 41.4 Å². The fraction of sp³-hybridized carbons (Fsp3) is 0.650. The van der Waals surface area contributed by atoms with Crippen LogP contribution in [-0.4, -0.2) is 61.7 Å². The molecule has 0 saturated carbocycles. The number of nitrogens with zero attached hydrogens (tertiary/aromatic N) is 2. The van der Waals surface area contributed by atoms with Crippen molar-refractivity contribution in [3.63, 3.8) is 0 Å². The number of hydrogen-bond donors (Lipinski definition) is 1. The Labute approximate surface area is 151 Å². The smallest absolute Gasteiger partial charge is 0.221 e. The van der Waals surface area contributed by atoms with E-state index in [1.165, 1.54) is 24.0 Å². The van der Waals surface area contributed by atoms with Crippen LogP contribution in [0, 0.1) is 6.92 Å². The fourth-order valence-corrected chi connectivity index (χ4v) is 3.83. The minimum atomic E-state index is 0.129. The summed E-state index contributed by atoms with van der Waals surface area (Å²) in [5.74, 6) is 0.761. The van der Waals surface area contributed by atoms with Gasteiger partial charge in [-0.15, -0.1) is 0 Å². The van der Waals surface area contributed by atoms with Crippen molar-refractivity contribution >= 4 is 5.91 Å². The summed E-state index contributed by atoms with van der Waals surface area (Å²) in [5.41, 5.74) is 2.87. The lowest BCUT2D eigenvalue weighted by Crippen LogP contribution is -2.37. The number of likely N-dealkylation sites (tertiary alicyclic amines) is 1. The van der Waals surface area contributed by atoms with Crippen LogP contribution in [0.25, 0.3) is 0 Å². The van der Waals surface area contributed by atoms with Gasteiger partial charge in [0.2, 0.25) is 5.91 Å². The average Bonchev–Trinajstić information content (AvgIpc) is 3.10. The molecule has 2 fully saturated rings. The number of hydroxylamine groups is 2. The first-order valence-electron chi connectivity index (χ1n) is 9.65. The molecule has 2 aliphatic rings. The molecule has 1 amide bonds. The van der Waals surface area contributed by atoms with Gasteiger partial charge in [0.25, 0.3) is 0 Å². The van der Waals surface area contributed by atoms with Crippen LogP contribution in [0.15, 0.2) is 24.3 Å². The lowest BCUT2D eigenvalue weighted by Gasteiger charge is -2.25. The van der Waals surface area contributed by atoms with Gasteiger partial charge < -0.3 is 10.2 Å². The molecule has 1 aromatic carbocycles. The molecule has 0 spiro atoms. The number of rotatable bonds is 7. The first-order chi connectivity index (χ1) is 12.2. The zero-order valence-corrected chi connectivity index (χ0v) is 15.4. The largest absolute Gasteiger partial charge is 0.355 e. The van der Waals surface area contributed by atoms with Crippen LogP contribution in [0.2, 0.25) is 0 Å². The Morgan fingerprint density at radius 3 is 2.92 bits per heavy atom. The highest BCUT2D eigenvalue weighted by Gasteiger charge is 2.24. The van der Waals surface area contributed by atoms with E-state index in [9.17, 15) is 4.79 Å². The van der Waals surface area contributed by atoms with E-state index in [0.717, 1.165) is 45.8 Å². The van der Waals surface area contributed by atoms with Gasteiger partial charge in [-0.3, -0.25) is 9.63 Å². The maximum absolute atomic E-state index is 12.0. The molecule has 0 unspecified atom stereocenters. The van der Waals surface area contributed by atoms with E-state index in [1.807, 2.05) is 5.06 Å². The molecule has 2 saturated heterocycles. The second kappa shape index (κ2) is 9.32. The molecule has 0 radical (unpaired) electrons. The molecule has 0 bridgehead atoms. The number of carbonyl (C=O) groups excluding carboxylic acids is 1. The molecule has 5 nitrogen and oxygen atoms in total. The monoisotopic (exact) mass is 345 g/mol. The summed E-state index contributed by atoms with van der Waals surface area (Å²) in [6.07, 6.45) is 4.03. The molecule has 0 aromatic heterocycles. The van der Waals surface area contributed by atoms with E-state index >= 15 is 0 Å². The zero-order valence-electron chi connectivity index (χ0n) is 15.4. The van der Waals surface area contributed by atoms with E-state index in [4.69, 9.17) is 4.84 Å². The van der Waals surface area contributed by atoms with Crippen molar-refractivity contribution in [3.05, 3.63) is 35.4 Å². The summed E-state index contributed by atoms with van der Waals surface area (Å²) in [5, 5.41) is 4.98. The number of carbonyl (C=O) groups is 1. The summed E-state index contributed by atoms with van der Waals surface area (Å²) in [4.78, 5) is 20.0. The Morgan fingerprint density at radius 1 is 1.24 bits per heavy atom. The third-order valence-electron chi connectivity index (χ3n) is 5.31. The Kier molecular flexibility index (Phi) is 6.84. The van der Waals surface area contributed by atoms with Gasteiger partial charge in [0, 0.05) is 39.1 Å². The van der Waals surface area contributed by atoms with Crippen LogP contribution >= 0.6 is 0 Å². The van der Waals surface area contributed by atoms with Crippen molar-refractivity contribution in [2.45, 2.75) is 38.5 Å². The summed E-state index contributed by atoms with van der Waals surface area (Å²) in [7, 11) is 0. The zero-order chi connectivity index (χ0) is 17.5. The summed E-state index contributed by atoms with van der Waals surface area (Å²) >= 11 is 0. The van der Waals surface area contributed by atoms with Crippen LogP contribution in [0.4, 0.5) is 0 Å². The van der Waals surface area contributed by atoms with E-state index in [-0.39, 0.29) is 5.91 Å². The van der Waals surface area contributed by atoms with Crippen LogP contribution < -0.4 is 5.32 Å². The molecule has 25 heavy (non-hydrogen) atoms. The van der Waals surface area contributed by atoms with E-state index in [1.54, 1.807) is 0 Å². The molecule has 2 aliphatic heterocycles. The second-order valence-electron chi connectivity index (χ2n) is 7.21. The molecule has 3 rings (SSSR count). The van der Waals surface area contributed by atoms with Gasteiger partial charge in [-0.1, -0.05) is 24.3 Å². The summed E-state index contributed by atoms with van der Waals surface area (Å²) in [6, 6.07) is 8.70. The van der Waals surface area contributed by atoms with Gasteiger partial charge in [0.05, 0.1) is 6.61 Å². The predicted octanol–water partition coefficient (Wildman–Crippen LogP) is 2.32. The normalized spacial score (nSPS) is 22.2. The van der Waals surface area contributed by atoms with E-state index in [0.29, 0.717) is 18.9 Å². The second-order valence-corrected chi connectivity index (χ2v) is 7.21. The maximum Gasteiger partial charge on any atom is 0.221 e. The average molecular weight is 345 g/mol. The Morgan fingerprint density at radius 2 is 2.12 bits per heavy atom. The number of nitrogens with one attached hydrogen (secondary N) is 1. The molecular formula is C20H31N3O2. The van der Waals surface area contributed by atoms with Gasteiger partial charge in [-0.2, -0.15) is 5.06 Å². The third-order valence-corrected chi connectivity index (χ3v) is 5.31. The number of hydrogen-bond acceptors (Lipinski definition) is 4. The van der Waals surface area contributed by atoms with Gasteiger partial charge in [0.1, 0.15) is 0 Å². The molecular weight excluding hydrogens is 314 g/mol. The predicted molar refractivity (Wildman–Crippen MR) is 99.4 cm³/mol. The SMILES string of the molecule is Cc1ccccc1[C@H]1CCN(CCNC(=O)CCN2CCCCO2)C1. The van der Waals surface area contributed by atoms with Crippen LogP contribution in [0.3, 0.4) is 0 Å². The minimum Gasteiger partial charge on any atom is -0.355 e. The molecule has 1 atom stereocenters. The quantitative estimate of drug-likeness (QED) is 0.824. The lowest BCUT2D eigenvalue weighted by atomic mass is 9.94. The first-order valence-corrected chi connectivity index (χ1v) is 9.65. The number of amides is 1. The Balaban J connectivity index is 1.31.